The van der Waals surface area contributed by atoms with E-state index in [1.54, 1.807) is 0 Å². The summed E-state index contributed by atoms with van der Waals surface area (Å²) in [6.07, 6.45) is 6.38. The quantitative estimate of drug-likeness (QED) is 0.851. The van der Waals surface area contributed by atoms with E-state index in [0.29, 0.717) is 12.0 Å². The van der Waals surface area contributed by atoms with E-state index in [4.69, 9.17) is 5.73 Å². The Hall–Kier alpha value is -0.860. The molecule has 0 aliphatic heterocycles. The van der Waals surface area contributed by atoms with Gasteiger partial charge in [0.25, 0.3) is 0 Å². The van der Waals surface area contributed by atoms with Gasteiger partial charge in [0.1, 0.15) is 0 Å². The van der Waals surface area contributed by atoms with Crippen molar-refractivity contribution in [3.63, 3.8) is 0 Å². The molecule has 1 aliphatic rings. The summed E-state index contributed by atoms with van der Waals surface area (Å²) in [5.41, 5.74) is 7.75. The van der Waals surface area contributed by atoms with Crippen molar-refractivity contribution in [1.29, 1.82) is 0 Å². The summed E-state index contributed by atoms with van der Waals surface area (Å²) >= 11 is 1.86. The lowest BCUT2D eigenvalue weighted by molar-refractivity contribution is 0.307. The number of fused-ring (bicyclic) bond motifs is 1. The summed E-state index contributed by atoms with van der Waals surface area (Å²) < 4.78 is 1.41. The Bertz CT molecular complexity index is 502. The van der Waals surface area contributed by atoms with Gasteiger partial charge in [-0.15, -0.1) is 11.3 Å². The minimum atomic E-state index is 0.419. The van der Waals surface area contributed by atoms with Crippen molar-refractivity contribution in [3.8, 4) is 0 Å². The predicted molar refractivity (Wildman–Crippen MR) is 75.5 cm³/mol. The van der Waals surface area contributed by atoms with E-state index in [1.165, 1.54) is 47.8 Å². The summed E-state index contributed by atoms with van der Waals surface area (Å²) in [6, 6.07) is 9.14. The molecule has 2 heteroatoms. The molecule has 2 aromatic rings. The molecule has 3 rings (SSSR count). The van der Waals surface area contributed by atoms with Gasteiger partial charge in [-0.25, -0.2) is 0 Å². The van der Waals surface area contributed by atoms with Gasteiger partial charge in [-0.05, 0) is 47.6 Å². The van der Waals surface area contributed by atoms with E-state index < -0.39 is 0 Å². The highest BCUT2D eigenvalue weighted by atomic mass is 32.1. The van der Waals surface area contributed by atoms with Crippen molar-refractivity contribution >= 4 is 21.4 Å². The minimum Gasteiger partial charge on any atom is -0.327 e. The van der Waals surface area contributed by atoms with Crippen molar-refractivity contribution in [2.45, 2.75) is 38.1 Å². The second kappa shape index (κ2) is 4.79. The lowest BCUT2D eigenvalue weighted by Crippen LogP contribution is -2.34. The third-order valence-electron chi connectivity index (χ3n) is 4.01. The molecule has 0 bridgehead atoms. The zero-order valence-electron chi connectivity index (χ0n) is 10.1. The topological polar surface area (TPSA) is 26.0 Å². The SMILES string of the molecule is NC1CCCCC1Cc1csc2ccccc12. The fourth-order valence-electron chi connectivity index (χ4n) is 2.96. The number of benzene rings is 1. The number of nitrogens with two attached hydrogens (primary N) is 1. The van der Waals surface area contributed by atoms with Crippen molar-refractivity contribution in [2.75, 3.05) is 0 Å². The molecule has 0 radical (unpaired) electrons. The molecule has 2 unspecified atom stereocenters. The molecule has 1 aromatic carbocycles. The summed E-state index contributed by atoms with van der Waals surface area (Å²) in [6.45, 7) is 0. The Morgan fingerprint density at radius 3 is 2.88 bits per heavy atom. The second-order valence-corrected chi connectivity index (χ2v) is 6.08. The highest BCUT2D eigenvalue weighted by Crippen LogP contribution is 2.31. The van der Waals surface area contributed by atoms with Crippen molar-refractivity contribution in [1.82, 2.24) is 0 Å². The first-order valence-electron chi connectivity index (χ1n) is 6.55. The van der Waals surface area contributed by atoms with Crippen LogP contribution in [0.15, 0.2) is 29.6 Å². The highest BCUT2D eigenvalue weighted by molar-refractivity contribution is 7.17. The Balaban J connectivity index is 1.84. The van der Waals surface area contributed by atoms with Crippen molar-refractivity contribution < 1.29 is 0 Å². The van der Waals surface area contributed by atoms with E-state index in [-0.39, 0.29) is 0 Å². The molecule has 1 saturated carbocycles. The molecule has 1 aliphatic carbocycles. The Labute approximate surface area is 107 Å². The maximum Gasteiger partial charge on any atom is 0.0345 e. The van der Waals surface area contributed by atoms with Crippen LogP contribution in [0.3, 0.4) is 0 Å². The molecule has 0 spiro atoms. The first-order valence-corrected chi connectivity index (χ1v) is 7.43. The van der Waals surface area contributed by atoms with Crippen LogP contribution in [0, 0.1) is 5.92 Å². The van der Waals surface area contributed by atoms with Crippen LogP contribution in [-0.4, -0.2) is 6.04 Å². The van der Waals surface area contributed by atoms with Gasteiger partial charge < -0.3 is 5.73 Å². The smallest absolute Gasteiger partial charge is 0.0345 e. The van der Waals surface area contributed by atoms with Gasteiger partial charge in [0.05, 0.1) is 0 Å². The summed E-state index contributed by atoms with van der Waals surface area (Å²) in [5.74, 6) is 0.696. The third-order valence-corrected chi connectivity index (χ3v) is 5.02. The van der Waals surface area contributed by atoms with Crippen LogP contribution in [0.25, 0.3) is 10.1 Å². The Morgan fingerprint density at radius 1 is 1.18 bits per heavy atom. The maximum absolute atomic E-state index is 6.24. The standard InChI is InChI=1S/C15H19NS/c16-14-7-3-1-5-11(14)9-12-10-17-15-8-4-2-6-13(12)15/h2,4,6,8,10-11,14H,1,3,5,7,9,16H2. The molecule has 2 N–H and O–H groups in total. The largest absolute Gasteiger partial charge is 0.327 e. The number of thiophene rings is 1. The normalized spacial score (nSPS) is 25.2. The fourth-order valence-corrected chi connectivity index (χ4v) is 3.94. The van der Waals surface area contributed by atoms with Crippen molar-refractivity contribution in [2.24, 2.45) is 11.7 Å². The van der Waals surface area contributed by atoms with Crippen LogP contribution in [0.1, 0.15) is 31.2 Å². The van der Waals surface area contributed by atoms with Gasteiger partial charge in [-0.3, -0.25) is 0 Å². The molecule has 1 nitrogen and oxygen atoms in total. The average molecular weight is 245 g/mol. The highest BCUT2D eigenvalue weighted by Gasteiger charge is 2.22. The van der Waals surface area contributed by atoms with Crippen LogP contribution >= 0.6 is 11.3 Å². The van der Waals surface area contributed by atoms with Gasteiger partial charge in [0, 0.05) is 10.7 Å². The van der Waals surface area contributed by atoms with Gasteiger partial charge in [-0.2, -0.15) is 0 Å². The molecule has 1 heterocycles. The monoisotopic (exact) mass is 245 g/mol. The van der Waals surface area contributed by atoms with Crippen LogP contribution in [0.2, 0.25) is 0 Å². The molecule has 0 saturated heterocycles. The zero-order valence-corrected chi connectivity index (χ0v) is 10.9. The van der Waals surface area contributed by atoms with Gasteiger partial charge in [0.2, 0.25) is 0 Å². The summed E-state index contributed by atoms with van der Waals surface area (Å²) in [5, 5.41) is 3.77. The van der Waals surface area contributed by atoms with Crippen LogP contribution in [0.4, 0.5) is 0 Å². The molecule has 1 aromatic heterocycles. The minimum absolute atomic E-state index is 0.419. The van der Waals surface area contributed by atoms with Gasteiger partial charge >= 0.3 is 0 Å². The van der Waals surface area contributed by atoms with Crippen molar-refractivity contribution in [3.05, 3.63) is 35.2 Å². The third kappa shape index (κ3) is 2.24. The molecular weight excluding hydrogens is 226 g/mol. The molecule has 1 fully saturated rings. The zero-order chi connectivity index (χ0) is 11.7. The van der Waals surface area contributed by atoms with Crippen LogP contribution in [-0.2, 0) is 6.42 Å². The molecular formula is C15H19NS. The number of hydrogen-bond donors (Lipinski definition) is 1. The lowest BCUT2D eigenvalue weighted by atomic mass is 9.81. The first-order chi connectivity index (χ1) is 8.34. The molecule has 0 amide bonds. The van der Waals surface area contributed by atoms with E-state index in [1.807, 2.05) is 11.3 Å². The maximum atomic E-state index is 6.24. The first kappa shape index (κ1) is 11.2. The predicted octanol–water partition coefficient (Wildman–Crippen LogP) is 3.96. The average Bonchev–Trinajstić information content (AvgIpc) is 2.76. The number of hydrogen-bond acceptors (Lipinski definition) is 2. The molecule has 17 heavy (non-hydrogen) atoms. The van der Waals surface area contributed by atoms with Gasteiger partial charge in [-0.1, -0.05) is 31.0 Å². The van der Waals surface area contributed by atoms with E-state index in [0.717, 1.165) is 0 Å². The Kier molecular flexibility index (Phi) is 3.17. The van der Waals surface area contributed by atoms with Gasteiger partial charge in [0.15, 0.2) is 0 Å². The molecule has 2 atom stereocenters. The summed E-state index contributed by atoms with van der Waals surface area (Å²) in [4.78, 5) is 0. The fraction of sp³-hybridized carbons (Fsp3) is 0.467. The molecule has 90 valence electrons. The van der Waals surface area contributed by atoms with E-state index in [9.17, 15) is 0 Å². The van der Waals surface area contributed by atoms with Crippen LogP contribution in [0.5, 0.6) is 0 Å². The van der Waals surface area contributed by atoms with Crippen LogP contribution < -0.4 is 5.73 Å². The van der Waals surface area contributed by atoms with E-state index in [2.05, 4.69) is 29.6 Å². The van der Waals surface area contributed by atoms with E-state index >= 15 is 0 Å². The summed E-state index contributed by atoms with van der Waals surface area (Å²) in [7, 11) is 0. The Morgan fingerprint density at radius 2 is 2.00 bits per heavy atom. The number of rotatable bonds is 2. The lowest BCUT2D eigenvalue weighted by Gasteiger charge is -2.28. The second-order valence-electron chi connectivity index (χ2n) is 5.17.